The first-order valence-corrected chi connectivity index (χ1v) is 9.86. The molecule has 4 aromatic rings. The van der Waals surface area contributed by atoms with Crippen molar-refractivity contribution in [3.63, 3.8) is 0 Å². The molecule has 1 unspecified atom stereocenters. The first-order valence-electron chi connectivity index (χ1n) is 9.86. The molecular formula is C25H25N3O. The van der Waals surface area contributed by atoms with Crippen LogP contribution in [0.15, 0.2) is 83.3 Å². The summed E-state index contributed by atoms with van der Waals surface area (Å²) in [7, 11) is 2.09. The van der Waals surface area contributed by atoms with Gasteiger partial charge < -0.3 is 4.42 Å². The summed E-state index contributed by atoms with van der Waals surface area (Å²) in [4.78, 5) is 2.23. The average Bonchev–Trinajstić information content (AvgIpc) is 3.25. The van der Waals surface area contributed by atoms with Crippen molar-refractivity contribution in [1.82, 2.24) is 15.1 Å². The highest BCUT2D eigenvalue weighted by molar-refractivity contribution is 5.67. The van der Waals surface area contributed by atoms with E-state index in [4.69, 9.17) is 4.42 Å². The molecule has 0 aliphatic heterocycles. The van der Waals surface area contributed by atoms with E-state index in [9.17, 15) is 0 Å². The number of aromatic nitrogens is 2. The molecule has 0 aliphatic rings. The highest BCUT2D eigenvalue weighted by Gasteiger charge is 2.20. The molecule has 0 N–H and O–H groups in total. The normalized spacial score (nSPS) is 12.3. The lowest BCUT2D eigenvalue weighted by Gasteiger charge is -2.23. The zero-order chi connectivity index (χ0) is 20.2. The van der Waals surface area contributed by atoms with Crippen LogP contribution in [0.25, 0.3) is 22.6 Å². The van der Waals surface area contributed by atoms with Gasteiger partial charge in [0.2, 0.25) is 11.8 Å². The Morgan fingerprint density at radius 1 is 0.828 bits per heavy atom. The third-order valence-corrected chi connectivity index (χ3v) is 5.28. The monoisotopic (exact) mass is 383 g/mol. The molecule has 0 fully saturated rings. The van der Waals surface area contributed by atoms with Crippen molar-refractivity contribution in [1.29, 1.82) is 0 Å². The van der Waals surface area contributed by atoms with Crippen molar-refractivity contribution < 1.29 is 4.42 Å². The quantitative estimate of drug-likeness (QED) is 0.415. The fourth-order valence-corrected chi connectivity index (χ4v) is 3.37. The van der Waals surface area contributed by atoms with Crippen LogP contribution in [-0.4, -0.2) is 22.1 Å². The van der Waals surface area contributed by atoms with Gasteiger partial charge in [0.15, 0.2) is 0 Å². The van der Waals surface area contributed by atoms with E-state index in [0.29, 0.717) is 11.8 Å². The summed E-state index contributed by atoms with van der Waals surface area (Å²) in [6, 6.07) is 27.1. The maximum Gasteiger partial charge on any atom is 0.247 e. The van der Waals surface area contributed by atoms with E-state index in [-0.39, 0.29) is 6.04 Å². The Balaban J connectivity index is 1.53. The third kappa shape index (κ3) is 4.28. The molecule has 0 saturated carbocycles. The van der Waals surface area contributed by atoms with Crippen molar-refractivity contribution in [2.24, 2.45) is 0 Å². The summed E-state index contributed by atoms with van der Waals surface area (Å²) in [5, 5.41) is 8.55. The van der Waals surface area contributed by atoms with Crippen molar-refractivity contribution in [2.75, 3.05) is 7.05 Å². The van der Waals surface area contributed by atoms with Crippen molar-refractivity contribution in [2.45, 2.75) is 26.4 Å². The number of nitrogens with zero attached hydrogens (tertiary/aromatic N) is 3. The zero-order valence-electron chi connectivity index (χ0n) is 17.0. The molecule has 1 aromatic heterocycles. The van der Waals surface area contributed by atoms with Crippen LogP contribution in [-0.2, 0) is 6.54 Å². The van der Waals surface area contributed by atoms with Crippen LogP contribution in [0.2, 0.25) is 0 Å². The topological polar surface area (TPSA) is 42.2 Å². The molecule has 0 amide bonds. The minimum Gasteiger partial charge on any atom is -0.419 e. The van der Waals surface area contributed by atoms with Crippen LogP contribution in [0, 0.1) is 6.92 Å². The van der Waals surface area contributed by atoms with Gasteiger partial charge in [0.25, 0.3) is 0 Å². The SMILES string of the molecule is Cc1ccc(-c2nnc(C(C)N(C)Cc3ccccc3-c3ccccc3)o2)cc1. The molecule has 29 heavy (non-hydrogen) atoms. The Bertz CT molecular complexity index is 1070. The van der Waals surface area contributed by atoms with Gasteiger partial charge in [-0.05, 0) is 49.7 Å². The van der Waals surface area contributed by atoms with Crippen LogP contribution >= 0.6 is 0 Å². The lowest BCUT2D eigenvalue weighted by Crippen LogP contribution is -2.22. The molecule has 0 bridgehead atoms. The lowest BCUT2D eigenvalue weighted by molar-refractivity contribution is 0.218. The molecule has 3 aromatic carbocycles. The van der Waals surface area contributed by atoms with Gasteiger partial charge in [0.05, 0.1) is 6.04 Å². The molecule has 4 nitrogen and oxygen atoms in total. The Kier molecular flexibility index (Phi) is 5.54. The number of aryl methyl sites for hydroxylation is 1. The molecule has 4 rings (SSSR count). The molecule has 4 heteroatoms. The third-order valence-electron chi connectivity index (χ3n) is 5.28. The minimum atomic E-state index is 0.00512. The van der Waals surface area contributed by atoms with E-state index >= 15 is 0 Å². The number of hydrogen-bond acceptors (Lipinski definition) is 4. The van der Waals surface area contributed by atoms with Gasteiger partial charge in [-0.25, -0.2) is 0 Å². The molecule has 1 heterocycles. The summed E-state index contributed by atoms with van der Waals surface area (Å²) in [5.41, 5.74) is 5.89. The molecular weight excluding hydrogens is 358 g/mol. The van der Waals surface area contributed by atoms with Crippen LogP contribution in [0.4, 0.5) is 0 Å². The van der Waals surface area contributed by atoms with Crippen LogP contribution in [0.3, 0.4) is 0 Å². The highest BCUT2D eigenvalue weighted by Crippen LogP contribution is 2.28. The van der Waals surface area contributed by atoms with Gasteiger partial charge in [-0.15, -0.1) is 10.2 Å². The van der Waals surface area contributed by atoms with E-state index in [0.717, 1.165) is 12.1 Å². The van der Waals surface area contributed by atoms with Crippen molar-refractivity contribution >= 4 is 0 Å². The number of rotatable bonds is 6. The summed E-state index contributed by atoms with van der Waals surface area (Å²) >= 11 is 0. The van der Waals surface area contributed by atoms with Crippen LogP contribution in [0.5, 0.6) is 0 Å². The second kappa shape index (κ2) is 8.41. The Morgan fingerprint density at radius 3 is 2.28 bits per heavy atom. The maximum absolute atomic E-state index is 5.98. The predicted molar refractivity (Wildman–Crippen MR) is 116 cm³/mol. The number of hydrogen-bond donors (Lipinski definition) is 0. The van der Waals surface area contributed by atoms with E-state index in [1.807, 2.05) is 18.2 Å². The molecule has 0 spiro atoms. The summed E-state index contributed by atoms with van der Waals surface area (Å²) in [6.07, 6.45) is 0. The molecule has 146 valence electrons. The van der Waals surface area contributed by atoms with Gasteiger partial charge in [-0.3, -0.25) is 4.90 Å². The molecule has 0 saturated heterocycles. The smallest absolute Gasteiger partial charge is 0.247 e. The summed E-state index contributed by atoms with van der Waals surface area (Å²) in [5.74, 6) is 1.19. The average molecular weight is 383 g/mol. The second-order valence-electron chi connectivity index (χ2n) is 7.43. The van der Waals surface area contributed by atoms with E-state index in [1.165, 1.54) is 22.3 Å². The molecule has 1 atom stereocenters. The van der Waals surface area contributed by atoms with Crippen LogP contribution in [0.1, 0.15) is 30.0 Å². The Morgan fingerprint density at radius 2 is 1.52 bits per heavy atom. The van der Waals surface area contributed by atoms with Gasteiger partial charge >= 0.3 is 0 Å². The van der Waals surface area contributed by atoms with E-state index in [1.54, 1.807) is 0 Å². The maximum atomic E-state index is 5.98. The first-order chi connectivity index (χ1) is 14.1. The largest absolute Gasteiger partial charge is 0.419 e. The first kappa shape index (κ1) is 19.1. The predicted octanol–water partition coefficient (Wildman–Crippen LogP) is 5.91. The second-order valence-corrected chi connectivity index (χ2v) is 7.43. The summed E-state index contributed by atoms with van der Waals surface area (Å²) < 4.78 is 5.98. The van der Waals surface area contributed by atoms with Crippen molar-refractivity contribution in [3.8, 4) is 22.6 Å². The van der Waals surface area contributed by atoms with Gasteiger partial charge in [0, 0.05) is 12.1 Å². The standard InChI is InChI=1S/C25H25N3O/c1-18-13-15-21(16-14-18)25-27-26-24(29-25)19(2)28(3)17-22-11-7-8-12-23(22)20-9-5-4-6-10-20/h4-16,19H,17H2,1-3H3. The van der Waals surface area contributed by atoms with E-state index < -0.39 is 0 Å². The highest BCUT2D eigenvalue weighted by atomic mass is 16.4. The lowest BCUT2D eigenvalue weighted by atomic mass is 9.99. The molecule has 0 aliphatic carbocycles. The fraction of sp³-hybridized carbons (Fsp3) is 0.200. The minimum absolute atomic E-state index is 0.00512. The van der Waals surface area contributed by atoms with Gasteiger partial charge in [-0.1, -0.05) is 72.3 Å². The Hall–Kier alpha value is -3.24. The van der Waals surface area contributed by atoms with E-state index in [2.05, 4.69) is 96.7 Å². The summed E-state index contributed by atoms with van der Waals surface area (Å²) in [6.45, 7) is 4.94. The van der Waals surface area contributed by atoms with Crippen molar-refractivity contribution in [3.05, 3.63) is 95.9 Å². The van der Waals surface area contributed by atoms with Crippen LogP contribution < -0.4 is 0 Å². The number of benzene rings is 3. The fourth-order valence-electron chi connectivity index (χ4n) is 3.37. The Labute approximate surface area is 171 Å². The molecule has 0 radical (unpaired) electrons. The zero-order valence-corrected chi connectivity index (χ0v) is 17.0. The van der Waals surface area contributed by atoms with Gasteiger partial charge in [0.1, 0.15) is 0 Å². The van der Waals surface area contributed by atoms with Gasteiger partial charge in [-0.2, -0.15) is 0 Å².